The van der Waals surface area contributed by atoms with Crippen LogP contribution in [-0.4, -0.2) is 51.3 Å². The maximum atomic E-state index is 12.7. The van der Waals surface area contributed by atoms with Gasteiger partial charge in [0.25, 0.3) is 0 Å². The molecule has 1 unspecified atom stereocenters. The highest BCUT2D eigenvalue weighted by atomic mass is 16.6. The van der Waals surface area contributed by atoms with Crippen LogP contribution in [0, 0.1) is 5.92 Å². The van der Waals surface area contributed by atoms with E-state index in [4.69, 9.17) is 4.74 Å². The summed E-state index contributed by atoms with van der Waals surface area (Å²) in [5, 5.41) is 13.2. The Hall–Kier alpha value is -1.30. The fraction of sp³-hybridized carbons (Fsp3) is 0.900. The number of likely N-dealkylation sites (tertiary alicyclic amines) is 1. The number of carbonyl (C=O) groups is 2. The van der Waals surface area contributed by atoms with Crippen LogP contribution in [0.2, 0.25) is 0 Å². The van der Waals surface area contributed by atoms with Crippen molar-refractivity contribution in [2.75, 3.05) is 6.54 Å². The van der Waals surface area contributed by atoms with Crippen LogP contribution >= 0.6 is 0 Å². The van der Waals surface area contributed by atoms with Crippen molar-refractivity contribution < 1.29 is 19.4 Å². The predicted octanol–water partition coefficient (Wildman–Crippen LogP) is 2.98. The molecule has 2 N–H and O–H groups in total. The predicted molar refractivity (Wildman–Crippen MR) is 98.7 cm³/mol. The molecule has 2 aliphatic carbocycles. The average molecular weight is 367 g/mol. The number of ether oxygens (including phenoxy) is 1. The first-order valence-corrected chi connectivity index (χ1v) is 10.0. The maximum Gasteiger partial charge on any atom is 0.410 e. The summed E-state index contributed by atoms with van der Waals surface area (Å²) >= 11 is 0. The van der Waals surface area contributed by atoms with Crippen molar-refractivity contribution in [3.05, 3.63) is 0 Å². The maximum absolute atomic E-state index is 12.7. The lowest BCUT2D eigenvalue weighted by atomic mass is 9.83. The smallest absolute Gasteiger partial charge is 0.410 e. The van der Waals surface area contributed by atoms with Gasteiger partial charge in [-0.15, -0.1) is 0 Å². The number of amides is 2. The summed E-state index contributed by atoms with van der Waals surface area (Å²) < 4.78 is 5.55. The van der Waals surface area contributed by atoms with E-state index in [0.717, 1.165) is 44.9 Å². The zero-order chi connectivity index (χ0) is 19.2. The number of rotatable bonds is 2. The van der Waals surface area contributed by atoms with E-state index in [-0.39, 0.29) is 29.5 Å². The van der Waals surface area contributed by atoms with E-state index in [0.29, 0.717) is 13.0 Å². The monoisotopic (exact) mass is 366 g/mol. The number of piperidine rings is 1. The number of hydrogen-bond donors (Lipinski definition) is 2. The van der Waals surface area contributed by atoms with E-state index in [9.17, 15) is 14.7 Å². The zero-order valence-electron chi connectivity index (χ0n) is 16.6. The molecule has 3 rings (SSSR count). The first-order chi connectivity index (χ1) is 12.0. The number of nitrogens with one attached hydrogen (secondary N) is 1. The van der Waals surface area contributed by atoms with Gasteiger partial charge in [-0.1, -0.05) is 0 Å². The third kappa shape index (κ3) is 4.51. The van der Waals surface area contributed by atoms with Crippen LogP contribution in [0.15, 0.2) is 0 Å². The van der Waals surface area contributed by atoms with E-state index in [1.165, 1.54) is 0 Å². The van der Waals surface area contributed by atoms with Gasteiger partial charge >= 0.3 is 6.09 Å². The minimum Gasteiger partial charge on any atom is -0.444 e. The summed E-state index contributed by atoms with van der Waals surface area (Å²) in [4.78, 5) is 27.1. The second-order valence-corrected chi connectivity index (χ2v) is 9.83. The largest absolute Gasteiger partial charge is 0.444 e. The van der Waals surface area contributed by atoms with Gasteiger partial charge < -0.3 is 20.1 Å². The Morgan fingerprint density at radius 1 is 1.12 bits per heavy atom. The third-order valence-electron chi connectivity index (χ3n) is 6.12. The van der Waals surface area contributed by atoms with Gasteiger partial charge in [0, 0.05) is 24.0 Å². The van der Waals surface area contributed by atoms with Gasteiger partial charge in [-0.3, -0.25) is 4.79 Å². The lowest BCUT2D eigenvalue weighted by molar-refractivity contribution is -0.129. The minimum atomic E-state index is -0.585. The fourth-order valence-electron chi connectivity index (χ4n) is 4.34. The van der Waals surface area contributed by atoms with Crippen molar-refractivity contribution in [1.82, 2.24) is 10.2 Å². The second-order valence-electron chi connectivity index (χ2n) is 9.83. The summed E-state index contributed by atoms with van der Waals surface area (Å²) in [6.45, 7) is 8.10. The molecule has 3 aliphatic rings. The summed E-state index contributed by atoms with van der Waals surface area (Å²) in [5.74, 6) is 0.0882. The molecule has 6 nitrogen and oxygen atoms in total. The van der Waals surface area contributed by atoms with E-state index >= 15 is 0 Å². The molecule has 3 fully saturated rings. The minimum absolute atomic E-state index is 0.0291. The number of nitrogens with zero attached hydrogens (tertiary/aromatic N) is 1. The number of carbonyl (C=O) groups excluding carboxylic acids is 2. The molecule has 0 aromatic heterocycles. The van der Waals surface area contributed by atoms with Gasteiger partial charge in [0.15, 0.2) is 0 Å². The van der Waals surface area contributed by atoms with Crippen molar-refractivity contribution in [1.29, 1.82) is 0 Å². The molecule has 0 aromatic rings. The molecule has 0 aromatic carbocycles. The van der Waals surface area contributed by atoms with Crippen LogP contribution < -0.4 is 5.32 Å². The van der Waals surface area contributed by atoms with Crippen molar-refractivity contribution in [2.24, 2.45) is 5.92 Å². The second kappa shape index (κ2) is 6.70. The Kier molecular flexibility index (Phi) is 5.01. The van der Waals surface area contributed by atoms with Gasteiger partial charge in [-0.05, 0) is 79.1 Å². The Balaban J connectivity index is 1.53. The highest BCUT2D eigenvalue weighted by molar-refractivity contribution is 5.80. The topological polar surface area (TPSA) is 78.9 Å². The Morgan fingerprint density at radius 3 is 2.27 bits per heavy atom. The van der Waals surface area contributed by atoms with Gasteiger partial charge in [0.1, 0.15) is 5.60 Å². The molecule has 2 amide bonds. The fourth-order valence-corrected chi connectivity index (χ4v) is 4.34. The molecule has 1 aliphatic heterocycles. The molecule has 6 heteroatoms. The van der Waals surface area contributed by atoms with E-state index in [2.05, 4.69) is 5.32 Å². The van der Waals surface area contributed by atoms with Crippen LogP contribution in [0.4, 0.5) is 4.79 Å². The van der Waals surface area contributed by atoms with Gasteiger partial charge in [-0.2, -0.15) is 0 Å². The van der Waals surface area contributed by atoms with Gasteiger partial charge in [0.2, 0.25) is 5.91 Å². The van der Waals surface area contributed by atoms with Crippen LogP contribution in [0.5, 0.6) is 0 Å². The Labute approximate surface area is 156 Å². The molecule has 26 heavy (non-hydrogen) atoms. The van der Waals surface area contributed by atoms with Crippen LogP contribution in [0.25, 0.3) is 0 Å². The SMILES string of the molecule is CC1(O)CCC(NC(=O)C2CCN(C(=O)OC(C)(C)C)C3(CC3)C2)CC1. The standard InChI is InChI=1S/C20H34N2O4/c1-18(2,3)26-17(24)22-12-7-14(13-20(22)10-11-20)16(23)21-15-5-8-19(4,25)9-6-15/h14-15,25H,5-13H2,1-4H3,(H,21,23). The third-order valence-corrected chi connectivity index (χ3v) is 6.12. The molecule has 1 saturated heterocycles. The molecular formula is C20H34N2O4. The summed E-state index contributed by atoms with van der Waals surface area (Å²) in [7, 11) is 0. The van der Waals surface area contributed by atoms with E-state index < -0.39 is 11.2 Å². The summed E-state index contributed by atoms with van der Waals surface area (Å²) in [5.41, 5.74) is -1.25. The van der Waals surface area contributed by atoms with Crippen LogP contribution in [-0.2, 0) is 9.53 Å². The van der Waals surface area contributed by atoms with E-state index in [1.54, 1.807) is 0 Å². The van der Waals surface area contributed by atoms with Crippen molar-refractivity contribution >= 4 is 12.0 Å². The van der Waals surface area contributed by atoms with Crippen LogP contribution in [0.3, 0.4) is 0 Å². The van der Waals surface area contributed by atoms with Crippen LogP contribution in [0.1, 0.15) is 79.1 Å². The zero-order valence-corrected chi connectivity index (χ0v) is 16.6. The molecular weight excluding hydrogens is 332 g/mol. The van der Waals surface area contributed by atoms with Crippen molar-refractivity contribution in [2.45, 2.75) is 102 Å². The molecule has 0 bridgehead atoms. The first-order valence-electron chi connectivity index (χ1n) is 10.0. The van der Waals surface area contributed by atoms with Gasteiger partial charge in [-0.25, -0.2) is 4.79 Å². The number of aliphatic hydroxyl groups is 1. The summed E-state index contributed by atoms with van der Waals surface area (Å²) in [6, 6.07) is 0.168. The van der Waals surface area contributed by atoms with Crippen molar-refractivity contribution in [3.8, 4) is 0 Å². The molecule has 1 spiro atoms. The van der Waals surface area contributed by atoms with E-state index in [1.807, 2.05) is 32.6 Å². The number of hydrogen-bond acceptors (Lipinski definition) is 4. The Bertz CT molecular complexity index is 553. The lowest BCUT2D eigenvalue weighted by Gasteiger charge is -2.41. The normalized spacial score (nSPS) is 33.7. The highest BCUT2D eigenvalue weighted by Gasteiger charge is 2.55. The van der Waals surface area contributed by atoms with Crippen molar-refractivity contribution in [3.63, 3.8) is 0 Å². The quantitative estimate of drug-likeness (QED) is 0.787. The summed E-state index contributed by atoms with van der Waals surface area (Å²) in [6.07, 6.45) is 6.24. The van der Waals surface area contributed by atoms with Gasteiger partial charge in [0.05, 0.1) is 5.60 Å². The molecule has 1 atom stereocenters. The average Bonchev–Trinajstić information content (AvgIpc) is 3.27. The highest BCUT2D eigenvalue weighted by Crippen LogP contribution is 2.50. The Morgan fingerprint density at radius 2 is 1.73 bits per heavy atom. The molecule has 1 heterocycles. The molecule has 148 valence electrons. The lowest BCUT2D eigenvalue weighted by Crippen LogP contribution is -2.53. The first kappa shape index (κ1) is 19.5. The molecule has 0 radical (unpaired) electrons. The molecule has 2 saturated carbocycles.